The van der Waals surface area contributed by atoms with Gasteiger partial charge < -0.3 is 10.4 Å². The minimum Gasteiger partial charge on any atom is -0.503 e. The van der Waals surface area contributed by atoms with E-state index in [1.807, 2.05) is 0 Å². The second kappa shape index (κ2) is 6.60. The first kappa shape index (κ1) is 16.0. The van der Waals surface area contributed by atoms with Gasteiger partial charge in [-0.3, -0.25) is 4.79 Å². The predicted molar refractivity (Wildman–Crippen MR) is 75.0 cm³/mol. The van der Waals surface area contributed by atoms with Crippen molar-refractivity contribution in [1.29, 1.82) is 0 Å². The van der Waals surface area contributed by atoms with Crippen molar-refractivity contribution in [2.24, 2.45) is 0 Å². The van der Waals surface area contributed by atoms with E-state index in [0.29, 0.717) is 11.3 Å². The standard InChI is InChI=1S/C14H16F3NO2S/c1-2-21-8-4-3-7(5-8)18-14(20)9-6-10(15)12(17)13(19)11(9)16/h6-8,19H,2-5H2,1H3,(H,18,20)/t7-,8+/m1/s1. The van der Waals surface area contributed by atoms with E-state index < -0.39 is 34.7 Å². The molecular weight excluding hydrogens is 303 g/mol. The van der Waals surface area contributed by atoms with Crippen LogP contribution >= 0.6 is 11.8 Å². The van der Waals surface area contributed by atoms with E-state index >= 15 is 0 Å². The van der Waals surface area contributed by atoms with Crippen LogP contribution < -0.4 is 5.32 Å². The van der Waals surface area contributed by atoms with Crippen molar-refractivity contribution in [3.8, 4) is 5.75 Å². The van der Waals surface area contributed by atoms with E-state index in [1.54, 1.807) is 11.8 Å². The van der Waals surface area contributed by atoms with Crippen LogP contribution in [0.2, 0.25) is 0 Å². The molecule has 0 heterocycles. The lowest BCUT2D eigenvalue weighted by atomic mass is 10.1. The topological polar surface area (TPSA) is 49.3 Å². The summed E-state index contributed by atoms with van der Waals surface area (Å²) in [5.74, 6) is -5.91. The van der Waals surface area contributed by atoms with Gasteiger partial charge in [-0.1, -0.05) is 6.92 Å². The number of thioether (sulfide) groups is 1. The molecule has 2 N–H and O–H groups in total. The third kappa shape index (κ3) is 3.45. The van der Waals surface area contributed by atoms with E-state index in [9.17, 15) is 18.0 Å². The van der Waals surface area contributed by atoms with Gasteiger partial charge in [0.15, 0.2) is 17.4 Å². The Balaban J connectivity index is 2.08. The molecule has 1 aromatic carbocycles. The SMILES string of the molecule is CCS[C@H]1CC[C@@H](NC(=O)c2cc(F)c(F)c(O)c2F)C1. The van der Waals surface area contributed by atoms with Crippen LogP contribution in [0.4, 0.5) is 13.2 Å². The molecule has 1 saturated carbocycles. The highest BCUT2D eigenvalue weighted by atomic mass is 32.2. The van der Waals surface area contributed by atoms with Crippen LogP contribution in [0, 0.1) is 17.5 Å². The van der Waals surface area contributed by atoms with Crippen LogP contribution in [0.5, 0.6) is 5.75 Å². The minimum absolute atomic E-state index is 0.115. The van der Waals surface area contributed by atoms with Crippen LogP contribution in [0.25, 0.3) is 0 Å². The van der Waals surface area contributed by atoms with Gasteiger partial charge in [0.1, 0.15) is 0 Å². The predicted octanol–water partition coefficient (Wildman–Crippen LogP) is 3.21. The molecule has 21 heavy (non-hydrogen) atoms. The van der Waals surface area contributed by atoms with Crippen LogP contribution in [0.3, 0.4) is 0 Å². The summed E-state index contributed by atoms with van der Waals surface area (Å²) in [5, 5.41) is 12.2. The van der Waals surface area contributed by atoms with Gasteiger partial charge in [0.25, 0.3) is 5.91 Å². The maximum Gasteiger partial charge on any atom is 0.254 e. The summed E-state index contributed by atoms with van der Waals surface area (Å²) in [7, 11) is 0. The summed E-state index contributed by atoms with van der Waals surface area (Å²) in [6, 6.07) is 0.351. The van der Waals surface area contributed by atoms with Gasteiger partial charge in [-0.15, -0.1) is 0 Å². The zero-order chi connectivity index (χ0) is 15.6. The van der Waals surface area contributed by atoms with E-state index in [4.69, 9.17) is 5.11 Å². The number of phenolic OH excluding ortho intramolecular Hbond substituents is 1. The van der Waals surface area contributed by atoms with Gasteiger partial charge in [-0.25, -0.2) is 8.78 Å². The summed E-state index contributed by atoms with van der Waals surface area (Å²) in [6.07, 6.45) is 2.48. The Hall–Kier alpha value is -1.37. The number of halogens is 3. The Kier molecular flexibility index (Phi) is 5.03. The number of benzene rings is 1. The molecule has 3 nitrogen and oxygen atoms in total. The van der Waals surface area contributed by atoms with Gasteiger partial charge in [0.2, 0.25) is 5.82 Å². The Morgan fingerprint density at radius 2 is 2.10 bits per heavy atom. The molecule has 0 spiro atoms. The van der Waals surface area contributed by atoms with Crippen molar-refractivity contribution in [2.75, 3.05) is 5.75 Å². The van der Waals surface area contributed by atoms with Crippen molar-refractivity contribution in [3.63, 3.8) is 0 Å². The third-order valence-electron chi connectivity index (χ3n) is 3.50. The molecular formula is C14H16F3NO2S. The van der Waals surface area contributed by atoms with Crippen molar-refractivity contribution >= 4 is 17.7 Å². The second-order valence-electron chi connectivity index (χ2n) is 4.94. The summed E-state index contributed by atoms with van der Waals surface area (Å²) in [5.41, 5.74) is -0.682. The molecule has 0 aromatic heterocycles. The number of carbonyl (C=O) groups is 1. The number of amides is 1. The Bertz CT molecular complexity index is 554. The molecule has 1 amide bonds. The fraction of sp³-hybridized carbons (Fsp3) is 0.500. The summed E-state index contributed by atoms with van der Waals surface area (Å²) in [6.45, 7) is 2.05. The van der Waals surface area contributed by atoms with Gasteiger partial charge in [-0.2, -0.15) is 16.2 Å². The van der Waals surface area contributed by atoms with E-state index in [-0.39, 0.29) is 6.04 Å². The van der Waals surface area contributed by atoms with Crippen LogP contribution in [0.1, 0.15) is 36.5 Å². The Labute approximate surface area is 124 Å². The maximum atomic E-state index is 13.6. The van der Waals surface area contributed by atoms with Gasteiger partial charge >= 0.3 is 0 Å². The largest absolute Gasteiger partial charge is 0.503 e. The first-order valence-corrected chi connectivity index (χ1v) is 7.77. The first-order chi connectivity index (χ1) is 9.93. The molecule has 1 fully saturated rings. The number of hydrogen-bond donors (Lipinski definition) is 2. The second-order valence-corrected chi connectivity index (χ2v) is 6.52. The van der Waals surface area contributed by atoms with E-state index in [1.165, 1.54) is 0 Å². The molecule has 2 rings (SSSR count). The molecule has 0 aliphatic heterocycles. The molecule has 0 radical (unpaired) electrons. The zero-order valence-corrected chi connectivity index (χ0v) is 12.3. The number of hydrogen-bond acceptors (Lipinski definition) is 3. The van der Waals surface area contributed by atoms with Gasteiger partial charge in [0.05, 0.1) is 5.56 Å². The molecule has 0 unspecified atom stereocenters. The molecule has 1 aliphatic rings. The summed E-state index contributed by atoms with van der Waals surface area (Å²) < 4.78 is 39.8. The highest BCUT2D eigenvalue weighted by Gasteiger charge is 2.28. The number of rotatable bonds is 4. The molecule has 2 atom stereocenters. The lowest BCUT2D eigenvalue weighted by Gasteiger charge is -2.14. The molecule has 0 saturated heterocycles. The minimum atomic E-state index is -1.69. The van der Waals surface area contributed by atoms with Crippen LogP contribution in [-0.2, 0) is 0 Å². The summed E-state index contributed by atoms with van der Waals surface area (Å²) >= 11 is 1.80. The monoisotopic (exact) mass is 319 g/mol. The van der Waals surface area contributed by atoms with Gasteiger partial charge in [0, 0.05) is 11.3 Å². The molecule has 116 valence electrons. The average molecular weight is 319 g/mol. The first-order valence-electron chi connectivity index (χ1n) is 6.73. The smallest absolute Gasteiger partial charge is 0.254 e. The zero-order valence-electron chi connectivity index (χ0n) is 11.5. The summed E-state index contributed by atoms with van der Waals surface area (Å²) in [4.78, 5) is 11.9. The number of carbonyl (C=O) groups excluding carboxylic acids is 1. The molecule has 1 aromatic rings. The lowest BCUT2D eigenvalue weighted by molar-refractivity contribution is 0.0932. The average Bonchev–Trinajstić information content (AvgIpc) is 2.88. The Morgan fingerprint density at radius 1 is 1.38 bits per heavy atom. The molecule has 7 heteroatoms. The Morgan fingerprint density at radius 3 is 2.76 bits per heavy atom. The normalized spacial score (nSPS) is 21.5. The highest BCUT2D eigenvalue weighted by Crippen LogP contribution is 2.30. The number of aromatic hydroxyl groups is 1. The maximum absolute atomic E-state index is 13.6. The van der Waals surface area contributed by atoms with Crippen molar-refractivity contribution in [3.05, 3.63) is 29.1 Å². The van der Waals surface area contributed by atoms with Crippen molar-refractivity contribution < 1.29 is 23.1 Å². The van der Waals surface area contributed by atoms with E-state index in [0.717, 1.165) is 25.0 Å². The molecule has 0 bridgehead atoms. The number of nitrogens with one attached hydrogen (secondary N) is 1. The van der Waals surface area contributed by atoms with Crippen LogP contribution in [-0.4, -0.2) is 28.1 Å². The molecule has 1 aliphatic carbocycles. The third-order valence-corrected chi connectivity index (χ3v) is 4.73. The van der Waals surface area contributed by atoms with Crippen molar-refractivity contribution in [1.82, 2.24) is 5.32 Å². The lowest BCUT2D eigenvalue weighted by Crippen LogP contribution is -2.33. The quantitative estimate of drug-likeness (QED) is 0.838. The number of phenols is 1. The van der Waals surface area contributed by atoms with Crippen molar-refractivity contribution in [2.45, 2.75) is 37.5 Å². The van der Waals surface area contributed by atoms with Crippen LogP contribution in [0.15, 0.2) is 6.07 Å². The fourth-order valence-corrected chi connectivity index (χ4v) is 3.62. The highest BCUT2D eigenvalue weighted by molar-refractivity contribution is 7.99. The van der Waals surface area contributed by atoms with E-state index in [2.05, 4.69) is 12.2 Å². The van der Waals surface area contributed by atoms with Gasteiger partial charge in [-0.05, 0) is 31.1 Å². The fourth-order valence-electron chi connectivity index (χ4n) is 2.48.